The molecule has 224 valence electrons. The Morgan fingerprint density at radius 2 is 1.84 bits per heavy atom. The van der Waals surface area contributed by atoms with Crippen molar-refractivity contribution in [3.05, 3.63) is 71.7 Å². The maximum Gasteiger partial charge on any atom is 0.254 e. The number of anilines is 2. The van der Waals surface area contributed by atoms with E-state index in [-0.39, 0.29) is 29.2 Å². The molecule has 2 aromatic carbocycles. The number of piperazine rings is 1. The quantitative estimate of drug-likeness (QED) is 0.313. The lowest BCUT2D eigenvalue weighted by atomic mass is 10.1. The van der Waals surface area contributed by atoms with Gasteiger partial charge in [-0.3, -0.25) is 14.0 Å². The summed E-state index contributed by atoms with van der Waals surface area (Å²) in [5.41, 5.74) is 2.75. The van der Waals surface area contributed by atoms with Crippen molar-refractivity contribution in [3.8, 4) is 17.0 Å². The summed E-state index contributed by atoms with van der Waals surface area (Å²) in [6, 6.07) is 7.76. The number of aryl methyl sites for hydroxylation is 1. The van der Waals surface area contributed by atoms with E-state index in [0.717, 1.165) is 5.56 Å². The standard InChI is InChI=1S/C30H31F2N7O4/c1-17-13-18(3-4-20(17)29(41)37-9-11-38(12-10-37)30(42)22-14-19(40)15-34-22)36-27-28-35-16-23(39(28)8-7-33-27)21-5-6-24(43-2)26(32)25(21)31/h3-8,13,16,19,22,34,40H,9-12,14-15H2,1-2H3,(H,33,36)/t19-,22-/m0/s1. The van der Waals surface area contributed by atoms with Crippen molar-refractivity contribution in [2.45, 2.75) is 25.5 Å². The highest BCUT2D eigenvalue weighted by Gasteiger charge is 2.33. The molecule has 2 fully saturated rings. The van der Waals surface area contributed by atoms with Crippen LogP contribution in [0.15, 0.2) is 48.9 Å². The molecule has 3 N–H and O–H groups in total. The van der Waals surface area contributed by atoms with E-state index in [2.05, 4.69) is 20.6 Å². The van der Waals surface area contributed by atoms with Gasteiger partial charge in [-0.2, -0.15) is 4.39 Å². The molecule has 11 nitrogen and oxygen atoms in total. The summed E-state index contributed by atoms with van der Waals surface area (Å²) >= 11 is 0. The SMILES string of the molecule is COc1ccc(-c2cnc3c(Nc4ccc(C(=O)N5CCN(C(=O)[C@@H]6C[C@H](O)CN6)CC5)c(C)c4)nccn23)c(F)c1F. The molecule has 0 unspecified atom stereocenters. The fraction of sp³-hybridized carbons (Fsp3) is 0.333. The minimum atomic E-state index is -1.08. The smallest absolute Gasteiger partial charge is 0.254 e. The van der Waals surface area contributed by atoms with Crippen LogP contribution in [-0.4, -0.2) is 93.1 Å². The van der Waals surface area contributed by atoms with Crippen molar-refractivity contribution in [3.63, 3.8) is 0 Å². The number of β-amino-alcohol motifs (C(OH)–C–C–N with tert-alkyl or cyclic N) is 1. The Morgan fingerprint density at radius 1 is 1.07 bits per heavy atom. The van der Waals surface area contributed by atoms with Crippen molar-refractivity contribution < 1.29 is 28.2 Å². The predicted octanol–water partition coefficient (Wildman–Crippen LogP) is 2.74. The number of carbonyl (C=O) groups is 2. The Kier molecular flexibility index (Phi) is 7.67. The highest BCUT2D eigenvalue weighted by atomic mass is 19.2. The molecule has 0 spiro atoms. The second-order valence-electron chi connectivity index (χ2n) is 10.7. The van der Waals surface area contributed by atoms with Gasteiger partial charge < -0.3 is 30.3 Å². The Labute approximate surface area is 246 Å². The van der Waals surface area contributed by atoms with Gasteiger partial charge in [-0.1, -0.05) is 0 Å². The summed E-state index contributed by atoms with van der Waals surface area (Å²) in [5, 5.41) is 16.0. The van der Waals surface area contributed by atoms with E-state index in [1.54, 1.807) is 32.5 Å². The lowest BCUT2D eigenvalue weighted by molar-refractivity contribution is -0.134. The molecule has 2 saturated heterocycles. The van der Waals surface area contributed by atoms with Crippen LogP contribution >= 0.6 is 0 Å². The zero-order valence-corrected chi connectivity index (χ0v) is 23.7. The number of ether oxygens (including phenoxy) is 1. The molecule has 2 aliphatic heterocycles. The number of hydrogen-bond donors (Lipinski definition) is 3. The number of amides is 2. The molecule has 2 amide bonds. The first kappa shape index (κ1) is 28.5. The summed E-state index contributed by atoms with van der Waals surface area (Å²) in [7, 11) is 1.27. The fourth-order valence-electron chi connectivity index (χ4n) is 5.64. The molecule has 0 aliphatic carbocycles. The average Bonchev–Trinajstić information content (AvgIpc) is 3.65. The molecule has 2 atom stereocenters. The molecule has 2 aromatic heterocycles. The fourth-order valence-corrected chi connectivity index (χ4v) is 5.64. The van der Waals surface area contributed by atoms with E-state index < -0.39 is 17.7 Å². The van der Waals surface area contributed by atoms with Gasteiger partial charge in [0, 0.05) is 61.9 Å². The van der Waals surface area contributed by atoms with Crippen LogP contribution in [0.5, 0.6) is 5.75 Å². The largest absolute Gasteiger partial charge is 0.494 e. The van der Waals surface area contributed by atoms with E-state index in [1.807, 2.05) is 13.0 Å². The van der Waals surface area contributed by atoms with Crippen LogP contribution in [0.3, 0.4) is 0 Å². The number of nitrogens with zero attached hydrogens (tertiary/aromatic N) is 5. The monoisotopic (exact) mass is 591 g/mol. The second-order valence-corrected chi connectivity index (χ2v) is 10.7. The minimum Gasteiger partial charge on any atom is -0.494 e. The molecule has 0 bridgehead atoms. The average molecular weight is 592 g/mol. The van der Waals surface area contributed by atoms with Crippen LogP contribution in [0.4, 0.5) is 20.3 Å². The molecule has 4 aromatic rings. The summed E-state index contributed by atoms with van der Waals surface area (Å²) in [6.45, 7) is 3.98. The Bertz CT molecular complexity index is 1700. The number of imidazole rings is 1. The number of fused-ring (bicyclic) bond motifs is 1. The molecule has 4 heterocycles. The lowest BCUT2D eigenvalue weighted by Crippen LogP contribution is -2.54. The number of rotatable bonds is 6. The molecule has 0 saturated carbocycles. The number of methoxy groups -OCH3 is 1. The lowest BCUT2D eigenvalue weighted by Gasteiger charge is -2.36. The van der Waals surface area contributed by atoms with Gasteiger partial charge in [0.05, 0.1) is 31.1 Å². The van der Waals surface area contributed by atoms with E-state index >= 15 is 0 Å². The summed E-state index contributed by atoms with van der Waals surface area (Å²) in [4.78, 5) is 38.3. The first-order chi connectivity index (χ1) is 20.7. The van der Waals surface area contributed by atoms with E-state index in [1.165, 1.54) is 31.6 Å². The van der Waals surface area contributed by atoms with Crippen LogP contribution in [0.25, 0.3) is 16.9 Å². The van der Waals surface area contributed by atoms with Crippen LogP contribution in [-0.2, 0) is 4.79 Å². The Balaban J connectivity index is 1.15. The van der Waals surface area contributed by atoms with Gasteiger partial charge >= 0.3 is 0 Å². The number of nitrogens with one attached hydrogen (secondary N) is 2. The molecular weight excluding hydrogens is 560 g/mol. The number of halogens is 2. The van der Waals surface area contributed by atoms with Crippen LogP contribution in [0.2, 0.25) is 0 Å². The van der Waals surface area contributed by atoms with Gasteiger partial charge in [0.2, 0.25) is 11.7 Å². The van der Waals surface area contributed by atoms with Crippen LogP contribution in [0, 0.1) is 18.6 Å². The van der Waals surface area contributed by atoms with Gasteiger partial charge in [0.1, 0.15) is 0 Å². The zero-order valence-electron chi connectivity index (χ0n) is 23.7. The number of benzene rings is 2. The summed E-state index contributed by atoms with van der Waals surface area (Å²) in [6.07, 6.45) is 4.48. The second kappa shape index (κ2) is 11.6. The number of aliphatic hydroxyl groups is 1. The first-order valence-electron chi connectivity index (χ1n) is 14.0. The topological polar surface area (TPSA) is 124 Å². The van der Waals surface area contributed by atoms with Crippen LogP contribution in [0.1, 0.15) is 22.3 Å². The van der Waals surface area contributed by atoms with Crippen molar-refractivity contribution in [2.75, 3.05) is 45.2 Å². The van der Waals surface area contributed by atoms with E-state index in [9.17, 15) is 23.5 Å². The van der Waals surface area contributed by atoms with Gasteiger partial charge in [0.25, 0.3) is 5.91 Å². The molecule has 43 heavy (non-hydrogen) atoms. The zero-order chi connectivity index (χ0) is 30.2. The minimum absolute atomic E-state index is 0.0286. The van der Waals surface area contributed by atoms with Gasteiger partial charge in [-0.15, -0.1) is 0 Å². The maximum absolute atomic E-state index is 14.8. The van der Waals surface area contributed by atoms with Crippen molar-refractivity contribution in [1.29, 1.82) is 0 Å². The summed E-state index contributed by atoms with van der Waals surface area (Å²) < 4.78 is 35.7. The van der Waals surface area contributed by atoms with Crippen LogP contribution < -0.4 is 15.4 Å². The highest BCUT2D eigenvalue weighted by molar-refractivity contribution is 5.96. The number of aliphatic hydroxyl groups excluding tert-OH is 1. The number of carbonyl (C=O) groups excluding carboxylic acids is 2. The Morgan fingerprint density at radius 3 is 2.53 bits per heavy atom. The summed E-state index contributed by atoms with van der Waals surface area (Å²) in [5.74, 6) is -2.06. The molecule has 0 radical (unpaired) electrons. The third kappa shape index (κ3) is 5.37. The van der Waals surface area contributed by atoms with Crippen molar-refractivity contribution in [1.82, 2.24) is 29.5 Å². The molecule has 2 aliphatic rings. The van der Waals surface area contributed by atoms with Gasteiger partial charge in [0.15, 0.2) is 23.0 Å². The molecule has 6 rings (SSSR count). The van der Waals surface area contributed by atoms with E-state index in [0.29, 0.717) is 67.6 Å². The Hall–Kier alpha value is -4.62. The molecular formula is C30H31F2N7O4. The van der Waals surface area contributed by atoms with Gasteiger partial charge in [-0.05, 0) is 49.2 Å². The third-order valence-electron chi connectivity index (χ3n) is 7.97. The maximum atomic E-state index is 14.8. The normalized spacial score (nSPS) is 18.7. The number of aromatic nitrogens is 3. The third-order valence-corrected chi connectivity index (χ3v) is 7.97. The molecule has 13 heteroatoms. The predicted molar refractivity (Wildman–Crippen MR) is 154 cm³/mol. The van der Waals surface area contributed by atoms with Crippen molar-refractivity contribution >= 4 is 29.0 Å². The first-order valence-corrected chi connectivity index (χ1v) is 14.0. The highest BCUT2D eigenvalue weighted by Crippen LogP contribution is 2.31. The number of hydrogen-bond acceptors (Lipinski definition) is 8. The van der Waals surface area contributed by atoms with E-state index in [4.69, 9.17) is 4.74 Å². The van der Waals surface area contributed by atoms with Crippen molar-refractivity contribution in [2.24, 2.45) is 0 Å². The van der Waals surface area contributed by atoms with Gasteiger partial charge in [-0.25, -0.2) is 14.4 Å².